The van der Waals surface area contributed by atoms with Crippen molar-refractivity contribution in [1.29, 1.82) is 0 Å². The maximum atomic E-state index is 12.2. The van der Waals surface area contributed by atoms with Crippen LogP contribution in [0.4, 0.5) is 0 Å². The van der Waals surface area contributed by atoms with E-state index in [0.717, 1.165) is 24.9 Å². The first kappa shape index (κ1) is 21.1. The molecule has 0 spiro atoms. The van der Waals surface area contributed by atoms with Crippen molar-refractivity contribution in [3.05, 3.63) is 65.7 Å². The van der Waals surface area contributed by atoms with Crippen LogP contribution in [0, 0.1) is 0 Å². The second-order valence-corrected chi connectivity index (χ2v) is 7.68. The van der Waals surface area contributed by atoms with Gasteiger partial charge in [-0.3, -0.25) is 9.69 Å². The molecule has 0 aliphatic carbocycles. The van der Waals surface area contributed by atoms with Gasteiger partial charge in [0.05, 0.1) is 13.2 Å². The minimum Gasteiger partial charge on any atom is -0.481 e. The zero-order chi connectivity index (χ0) is 21.6. The van der Waals surface area contributed by atoms with Crippen LogP contribution in [0.2, 0.25) is 0 Å². The number of amides is 1. The van der Waals surface area contributed by atoms with Crippen molar-refractivity contribution >= 4 is 16.8 Å². The minimum atomic E-state index is -0.641. The van der Waals surface area contributed by atoms with E-state index in [2.05, 4.69) is 33.4 Å². The van der Waals surface area contributed by atoms with Crippen molar-refractivity contribution in [2.24, 2.45) is 0 Å². The summed E-state index contributed by atoms with van der Waals surface area (Å²) in [6.45, 7) is 2.27. The topological polar surface area (TPSA) is 83.9 Å². The summed E-state index contributed by atoms with van der Waals surface area (Å²) in [6, 6.07) is 17.6. The first-order valence-electron chi connectivity index (χ1n) is 10.4. The van der Waals surface area contributed by atoms with Crippen LogP contribution in [0.5, 0.6) is 11.6 Å². The van der Waals surface area contributed by atoms with Gasteiger partial charge in [-0.2, -0.15) is 0 Å². The lowest BCUT2D eigenvalue weighted by molar-refractivity contribution is -0.123. The zero-order valence-electron chi connectivity index (χ0n) is 17.6. The lowest BCUT2D eigenvalue weighted by Gasteiger charge is -2.30. The van der Waals surface area contributed by atoms with E-state index in [1.165, 1.54) is 11.1 Å². The van der Waals surface area contributed by atoms with Gasteiger partial charge in [-0.25, -0.2) is 4.98 Å². The number of pyridine rings is 1. The highest BCUT2D eigenvalue weighted by atomic mass is 16.5. The fraction of sp³-hybridized carbons (Fsp3) is 0.333. The molecule has 1 amide bonds. The molecule has 2 N–H and O–H groups in total. The third-order valence-corrected chi connectivity index (χ3v) is 5.44. The number of aromatic nitrogens is 1. The van der Waals surface area contributed by atoms with Gasteiger partial charge in [0.25, 0.3) is 5.91 Å². The molecule has 1 aromatic heterocycles. The number of nitrogens with zero attached hydrogens (tertiary/aromatic N) is 2. The molecule has 7 nitrogen and oxygen atoms in total. The fourth-order valence-corrected chi connectivity index (χ4v) is 3.83. The number of hydrogen-bond acceptors (Lipinski definition) is 6. The molecule has 0 saturated carbocycles. The molecule has 0 fully saturated rings. The van der Waals surface area contributed by atoms with Crippen LogP contribution in [0.3, 0.4) is 0 Å². The van der Waals surface area contributed by atoms with Crippen molar-refractivity contribution in [1.82, 2.24) is 15.2 Å². The van der Waals surface area contributed by atoms with E-state index in [0.29, 0.717) is 23.7 Å². The molecule has 3 aromatic rings. The van der Waals surface area contributed by atoms with Gasteiger partial charge >= 0.3 is 0 Å². The second kappa shape index (κ2) is 9.76. The second-order valence-electron chi connectivity index (χ2n) is 7.68. The number of aliphatic hydroxyl groups is 1. The molecule has 1 unspecified atom stereocenters. The van der Waals surface area contributed by atoms with E-state index in [4.69, 9.17) is 9.47 Å². The van der Waals surface area contributed by atoms with Crippen LogP contribution in [0.15, 0.2) is 54.6 Å². The molecule has 1 aliphatic heterocycles. The number of para-hydroxylation sites is 1. The quantitative estimate of drug-likeness (QED) is 0.580. The lowest BCUT2D eigenvalue weighted by atomic mass is 10.00. The zero-order valence-corrected chi connectivity index (χ0v) is 17.6. The van der Waals surface area contributed by atoms with E-state index >= 15 is 0 Å². The number of carbonyl (C=O) groups excluding carboxylic acids is 1. The van der Waals surface area contributed by atoms with Crippen LogP contribution in [-0.4, -0.2) is 60.4 Å². The molecule has 1 atom stereocenters. The van der Waals surface area contributed by atoms with Crippen LogP contribution < -0.4 is 14.8 Å². The number of nitrogens with one attached hydrogen (secondary N) is 1. The Morgan fingerprint density at radius 2 is 2.00 bits per heavy atom. The monoisotopic (exact) mass is 421 g/mol. The molecule has 2 aromatic carbocycles. The largest absolute Gasteiger partial charge is 0.481 e. The summed E-state index contributed by atoms with van der Waals surface area (Å²) >= 11 is 0. The molecular formula is C24H27N3O4. The number of fused-ring (bicyclic) bond motifs is 2. The Balaban J connectivity index is 1.25. The number of ether oxygens (including phenoxy) is 2. The van der Waals surface area contributed by atoms with Crippen molar-refractivity contribution in [2.75, 3.05) is 33.4 Å². The van der Waals surface area contributed by atoms with E-state index in [1.807, 2.05) is 24.3 Å². The van der Waals surface area contributed by atoms with Crippen molar-refractivity contribution < 1.29 is 19.4 Å². The van der Waals surface area contributed by atoms with E-state index in [-0.39, 0.29) is 19.1 Å². The number of aliphatic hydroxyl groups excluding tert-OH is 1. The number of methoxy groups -OCH3 is 1. The Hall–Kier alpha value is -3.16. The standard InChI is InChI=1S/C24H27N3O4/c1-30-23-10-9-18-7-4-8-21(24(18)26-23)31-16-22(29)25-13-20(28)15-27-12-11-17-5-2-3-6-19(17)14-27/h2-10,20,28H,11-16H2,1H3,(H,25,29). The Morgan fingerprint density at radius 1 is 1.16 bits per heavy atom. The Bertz CT molecular complexity index is 1060. The average molecular weight is 421 g/mol. The number of benzene rings is 2. The van der Waals surface area contributed by atoms with Crippen LogP contribution in [0.25, 0.3) is 10.9 Å². The van der Waals surface area contributed by atoms with Gasteiger partial charge in [0.1, 0.15) is 11.3 Å². The molecule has 1 aliphatic rings. The van der Waals surface area contributed by atoms with Gasteiger partial charge < -0.3 is 19.9 Å². The third-order valence-electron chi connectivity index (χ3n) is 5.44. The highest BCUT2D eigenvalue weighted by Crippen LogP contribution is 2.25. The summed E-state index contributed by atoms with van der Waals surface area (Å²) in [4.78, 5) is 18.8. The summed E-state index contributed by atoms with van der Waals surface area (Å²) < 4.78 is 10.9. The average Bonchev–Trinajstić information content (AvgIpc) is 2.81. The van der Waals surface area contributed by atoms with E-state index in [1.54, 1.807) is 19.2 Å². The fourth-order valence-electron chi connectivity index (χ4n) is 3.83. The molecule has 4 rings (SSSR count). The third kappa shape index (κ3) is 5.31. The van der Waals surface area contributed by atoms with Gasteiger partial charge in [0, 0.05) is 37.6 Å². The summed E-state index contributed by atoms with van der Waals surface area (Å²) in [7, 11) is 1.55. The molecule has 2 heterocycles. The van der Waals surface area contributed by atoms with Crippen LogP contribution in [0.1, 0.15) is 11.1 Å². The van der Waals surface area contributed by atoms with Gasteiger partial charge in [-0.1, -0.05) is 36.4 Å². The predicted octanol–water partition coefficient (Wildman–Crippen LogP) is 2.16. The maximum absolute atomic E-state index is 12.2. The molecule has 0 bridgehead atoms. The summed E-state index contributed by atoms with van der Waals surface area (Å²) in [5.41, 5.74) is 3.32. The van der Waals surface area contributed by atoms with Crippen LogP contribution >= 0.6 is 0 Å². The Labute approximate surface area is 181 Å². The highest BCUT2D eigenvalue weighted by molar-refractivity contribution is 5.85. The molecule has 0 radical (unpaired) electrons. The first-order valence-corrected chi connectivity index (χ1v) is 10.4. The van der Waals surface area contributed by atoms with Crippen molar-refractivity contribution in [3.63, 3.8) is 0 Å². The minimum absolute atomic E-state index is 0.151. The number of rotatable bonds is 8. The molecule has 0 saturated heterocycles. The number of β-amino-alcohol motifs (C(OH)–C–C–N with tert-alkyl or cyclic N) is 1. The summed E-state index contributed by atoms with van der Waals surface area (Å²) in [5.74, 6) is 0.707. The van der Waals surface area contributed by atoms with Crippen LogP contribution in [-0.2, 0) is 17.8 Å². The molecule has 7 heteroatoms. The van der Waals surface area contributed by atoms with Gasteiger partial charge in [0.2, 0.25) is 5.88 Å². The highest BCUT2D eigenvalue weighted by Gasteiger charge is 2.19. The maximum Gasteiger partial charge on any atom is 0.258 e. The van der Waals surface area contributed by atoms with Crippen molar-refractivity contribution in [2.45, 2.75) is 19.1 Å². The van der Waals surface area contributed by atoms with Gasteiger partial charge in [0.15, 0.2) is 6.61 Å². The Morgan fingerprint density at radius 3 is 2.84 bits per heavy atom. The SMILES string of the molecule is COc1ccc2cccc(OCC(=O)NCC(O)CN3CCc4ccccc4C3)c2n1. The first-order chi connectivity index (χ1) is 15.1. The van der Waals surface area contributed by atoms with Gasteiger partial charge in [-0.05, 0) is 29.7 Å². The van der Waals surface area contributed by atoms with Crippen molar-refractivity contribution in [3.8, 4) is 11.6 Å². The smallest absolute Gasteiger partial charge is 0.258 e. The number of carbonyl (C=O) groups is 1. The van der Waals surface area contributed by atoms with E-state index < -0.39 is 6.10 Å². The normalized spacial score (nSPS) is 14.6. The predicted molar refractivity (Wildman–Crippen MR) is 118 cm³/mol. The summed E-state index contributed by atoms with van der Waals surface area (Å²) in [5, 5.41) is 14.0. The summed E-state index contributed by atoms with van der Waals surface area (Å²) in [6.07, 6.45) is 0.338. The lowest BCUT2D eigenvalue weighted by Crippen LogP contribution is -2.42. The molecular weight excluding hydrogens is 394 g/mol. The number of hydrogen-bond donors (Lipinski definition) is 2. The van der Waals surface area contributed by atoms with E-state index in [9.17, 15) is 9.90 Å². The Kier molecular flexibility index (Phi) is 6.64. The van der Waals surface area contributed by atoms with Gasteiger partial charge in [-0.15, -0.1) is 0 Å². The molecule has 162 valence electrons. The molecule has 31 heavy (non-hydrogen) atoms.